The second kappa shape index (κ2) is 14.2. The number of rotatable bonds is 13. The van der Waals surface area contributed by atoms with Crippen molar-refractivity contribution in [3.8, 4) is 23.3 Å². The first-order valence-corrected chi connectivity index (χ1v) is 15.9. The highest BCUT2D eigenvalue weighted by molar-refractivity contribution is 7.92. The third kappa shape index (κ3) is 9.08. The van der Waals surface area contributed by atoms with Gasteiger partial charge in [-0.25, -0.2) is 8.42 Å². The molecule has 0 saturated carbocycles. The third-order valence-electron chi connectivity index (χ3n) is 6.69. The van der Waals surface area contributed by atoms with E-state index in [0.717, 1.165) is 40.8 Å². The molecule has 0 radical (unpaired) electrons. The highest BCUT2D eigenvalue weighted by atomic mass is 32.2. The minimum absolute atomic E-state index is 0.488. The SMILES string of the molecule is CS(=O)(=O)Nc1cccc(N(Cc2ccc(C#N)cc2)Cc2ccc(Oc3cccc(OCCc4cccnc4)c3)cc2)c1. The molecule has 1 N–H and O–H groups in total. The van der Waals surface area contributed by atoms with Gasteiger partial charge in [0.2, 0.25) is 10.0 Å². The van der Waals surface area contributed by atoms with Gasteiger partial charge in [0.05, 0.1) is 30.2 Å². The van der Waals surface area contributed by atoms with Crippen LogP contribution in [0, 0.1) is 11.3 Å². The van der Waals surface area contributed by atoms with E-state index in [4.69, 9.17) is 9.47 Å². The Balaban J connectivity index is 1.27. The lowest BCUT2D eigenvalue weighted by Gasteiger charge is -2.26. The number of anilines is 2. The predicted molar refractivity (Wildman–Crippen MR) is 172 cm³/mol. The van der Waals surface area contributed by atoms with E-state index in [1.165, 1.54) is 0 Å². The molecule has 0 saturated heterocycles. The average Bonchev–Trinajstić information content (AvgIpc) is 3.02. The molecule has 9 heteroatoms. The molecular formula is C35H32N4O4S. The number of ether oxygens (including phenoxy) is 2. The molecule has 0 atom stereocenters. The van der Waals surface area contributed by atoms with Crippen LogP contribution >= 0.6 is 0 Å². The molecule has 8 nitrogen and oxygen atoms in total. The van der Waals surface area contributed by atoms with E-state index in [-0.39, 0.29) is 0 Å². The summed E-state index contributed by atoms with van der Waals surface area (Å²) in [6.45, 7) is 1.65. The molecule has 0 spiro atoms. The van der Waals surface area contributed by atoms with E-state index < -0.39 is 10.0 Å². The van der Waals surface area contributed by atoms with E-state index in [2.05, 4.69) is 20.7 Å². The molecule has 1 aromatic heterocycles. The lowest BCUT2D eigenvalue weighted by molar-refractivity contribution is 0.320. The van der Waals surface area contributed by atoms with Crippen LogP contribution in [-0.4, -0.2) is 26.3 Å². The van der Waals surface area contributed by atoms with Crippen LogP contribution in [0.2, 0.25) is 0 Å². The number of nitrogens with one attached hydrogen (secondary N) is 1. The first-order chi connectivity index (χ1) is 21.3. The molecule has 0 unspecified atom stereocenters. The van der Waals surface area contributed by atoms with Gasteiger partial charge in [-0.1, -0.05) is 42.5 Å². The van der Waals surface area contributed by atoms with Gasteiger partial charge in [-0.3, -0.25) is 9.71 Å². The third-order valence-corrected chi connectivity index (χ3v) is 7.30. The summed E-state index contributed by atoms with van der Waals surface area (Å²) in [4.78, 5) is 6.29. The molecule has 4 aromatic carbocycles. The fourth-order valence-electron chi connectivity index (χ4n) is 4.60. The van der Waals surface area contributed by atoms with Gasteiger partial charge in [0.25, 0.3) is 0 Å². The van der Waals surface area contributed by atoms with Crippen LogP contribution in [0.25, 0.3) is 0 Å². The van der Waals surface area contributed by atoms with Gasteiger partial charge in [0.1, 0.15) is 17.2 Å². The van der Waals surface area contributed by atoms with Crippen LogP contribution in [0.5, 0.6) is 17.2 Å². The van der Waals surface area contributed by atoms with Crippen LogP contribution in [0.3, 0.4) is 0 Å². The molecule has 0 aliphatic rings. The number of aromatic nitrogens is 1. The zero-order chi connectivity index (χ0) is 30.8. The molecule has 0 amide bonds. The number of hydrogen-bond donors (Lipinski definition) is 1. The molecule has 0 fully saturated rings. The molecule has 5 aromatic rings. The number of pyridine rings is 1. The maximum absolute atomic E-state index is 11.8. The van der Waals surface area contributed by atoms with Crippen LogP contribution in [-0.2, 0) is 29.5 Å². The van der Waals surface area contributed by atoms with Crippen LogP contribution < -0.4 is 19.1 Å². The average molecular weight is 605 g/mol. The summed E-state index contributed by atoms with van der Waals surface area (Å²) in [6, 6.07) is 36.3. The van der Waals surface area contributed by atoms with E-state index in [1.54, 1.807) is 24.4 Å². The monoisotopic (exact) mass is 604 g/mol. The minimum Gasteiger partial charge on any atom is -0.493 e. The van der Waals surface area contributed by atoms with Crippen LogP contribution in [0.4, 0.5) is 11.4 Å². The van der Waals surface area contributed by atoms with Crippen molar-refractivity contribution < 1.29 is 17.9 Å². The van der Waals surface area contributed by atoms with E-state index >= 15 is 0 Å². The molecular weight excluding hydrogens is 572 g/mol. The molecule has 5 rings (SSSR count). The second-order valence-corrected chi connectivity index (χ2v) is 12.0. The zero-order valence-corrected chi connectivity index (χ0v) is 25.1. The summed E-state index contributed by atoms with van der Waals surface area (Å²) in [7, 11) is -3.42. The summed E-state index contributed by atoms with van der Waals surface area (Å²) in [5, 5.41) is 9.17. The van der Waals surface area contributed by atoms with Crippen molar-refractivity contribution in [2.24, 2.45) is 0 Å². The summed E-state index contributed by atoms with van der Waals surface area (Å²) < 4.78 is 38.3. The van der Waals surface area contributed by atoms with Gasteiger partial charge >= 0.3 is 0 Å². The lowest BCUT2D eigenvalue weighted by atomic mass is 10.1. The maximum atomic E-state index is 11.8. The van der Waals surface area contributed by atoms with Crippen molar-refractivity contribution in [2.45, 2.75) is 19.5 Å². The zero-order valence-electron chi connectivity index (χ0n) is 24.3. The minimum atomic E-state index is -3.42. The molecule has 1 heterocycles. The first-order valence-electron chi connectivity index (χ1n) is 14.0. The molecule has 0 aliphatic carbocycles. The quantitative estimate of drug-likeness (QED) is 0.155. The largest absolute Gasteiger partial charge is 0.493 e. The lowest BCUT2D eigenvalue weighted by Crippen LogP contribution is -2.22. The Morgan fingerprint density at radius 1 is 0.795 bits per heavy atom. The molecule has 0 aliphatic heterocycles. The molecule has 0 bridgehead atoms. The highest BCUT2D eigenvalue weighted by Gasteiger charge is 2.12. The van der Waals surface area contributed by atoms with Gasteiger partial charge in [0, 0.05) is 43.7 Å². The second-order valence-electron chi connectivity index (χ2n) is 10.3. The predicted octanol–water partition coefficient (Wildman–Crippen LogP) is 6.95. The van der Waals surface area contributed by atoms with Gasteiger partial charge < -0.3 is 14.4 Å². The number of sulfonamides is 1. The Kier molecular flexibility index (Phi) is 9.74. The first kappa shape index (κ1) is 30.1. The van der Waals surface area contributed by atoms with Crippen LogP contribution in [0.15, 0.2) is 122 Å². The van der Waals surface area contributed by atoms with Gasteiger partial charge in [-0.15, -0.1) is 0 Å². The van der Waals surface area contributed by atoms with Gasteiger partial charge in [-0.2, -0.15) is 5.26 Å². The highest BCUT2D eigenvalue weighted by Crippen LogP contribution is 2.28. The Labute approximate surface area is 258 Å². The summed E-state index contributed by atoms with van der Waals surface area (Å²) >= 11 is 0. The summed E-state index contributed by atoms with van der Waals surface area (Å²) in [5.41, 5.74) is 5.12. The van der Waals surface area contributed by atoms with E-state index in [9.17, 15) is 13.7 Å². The number of nitriles is 1. The fraction of sp³-hybridized carbons (Fsp3) is 0.143. The van der Waals surface area contributed by atoms with Gasteiger partial charge in [-0.05, 0) is 77.4 Å². The molecule has 44 heavy (non-hydrogen) atoms. The Morgan fingerprint density at radius 2 is 1.50 bits per heavy atom. The van der Waals surface area contributed by atoms with Crippen molar-refractivity contribution in [2.75, 3.05) is 22.5 Å². The van der Waals surface area contributed by atoms with E-state index in [1.807, 2.05) is 97.2 Å². The maximum Gasteiger partial charge on any atom is 0.229 e. The normalized spacial score (nSPS) is 10.9. The number of benzene rings is 4. The Morgan fingerprint density at radius 3 is 2.18 bits per heavy atom. The summed E-state index contributed by atoms with van der Waals surface area (Å²) in [5.74, 6) is 2.10. The fourth-order valence-corrected chi connectivity index (χ4v) is 5.16. The smallest absolute Gasteiger partial charge is 0.229 e. The Hall–Kier alpha value is -5.33. The van der Waals surface area contributed by atoms with Crippen molar-refractivity contribution in [1.29, 1.82) is 5.26 Å². The van der Waals surface area contributed by atoms with Gasteiger partial charge in [0.15, 0.2) is 0 Å². The van der Waals surface area contributed by atoms with Crippen LogP contribution in [0.1, 0.15) is 22.3 Å². The topological polar surface area (TPSA) is 105 Å². The molecule has 222 valence electrons. The van der Waals surface area contributed by atoms with Crippen molar-refractivity contribution in [3.63, 3.8) is 0 Å². The standard InChI is InChI=1S/C35H32N4O4S/c1-44(40,41)38-31-6-2-7-32(21-31)39(25-29-12-10-27(23-36)11-13-29)26-30-14-16-33(17-15-30)43-35-9-3-8-34(22-35)42-20-18-28-5-4-19-37-24-28/h2-17,19,21-22,24,38H,18,20,25-26H2,1H3. The Bertz CT molecular complexity index is 1820. The van der Waals surface area contributed by atoms with E-state index in [0.29, 0.717) is 42.4 Å². The van der Waals surface area contributed by atoms with Crippen molar-refractivity contribution in [1.82, 2.24) is 4.98 Å². The van der Waals surface area contributed by atoms with Crippen molar-refractivity contribution >= 4 is 21.4 Å². The summed E-state index contributed by atoms with van der Waals surface area (Å²) in [6.07, 6.45) is 5.49. The van der Waals surface area contributed by atoms with Crippen molar-refractivity contribution in [3.05, 3.63) is 144 Å². The number of hydrogen-bond acceptors (Lipinski definition) is 7. The number of nitrogens with zero attached hydrogens (tertiary/aromatic N) is 3.